The van der Waals surface area contributed by atoms with Crippen LogP contribution in [0.4, 0.5) is 0 Å². The summed E-state index contributed by atoms with van der Waals surface area (Å²) in [5.74, 6) is 1.05. The lowest BCUT2D eigenvalue weighted by molar-refractivity contribution is -0.175. The molecule has 2 rings (SSSR count). The van der Waals surface area contributed by atoms with Crippen LogP contribution in [0.3, 0.4) is 0 Å². The first-order valence-electron chi connectivity index (χ1n) is 6.83. The minimum absolute atomic E-state index is 0.000614. The van der Waals surface area contributed by atoms with Crippen LogP contribution in [0.1, 0.15) is 46.5 Å². The molecule has 0 aromatic carbocycles. The van der Waals surface area contributed by atoms with Crippen LogP contribution in [0.2, 0.25) is 0 Å². The Morgan fingerprint density at radius 1 is 1.47 bits per heavy atom. The molecule has 17 heavy (non-hydrogen) atoms. The summed E-state index contributed by atoms with van der Waals surface area (Å²) in [7, 11) is 0. The van der Waals surface area contributed by atoms with Crippen LogP contribution in [0, 0.1) is 17.3 Å². The van der Waals surface area contributed by atoms with Crippen LogP contribution < -0.4 is 0 Å². The summed E-state index contributed by atoms with van der Waals surface area (Å²) in [6, 6.07) is 0. The maximum Gasteiger partial charge on any atom is 0.312 e. The summed E-state index contributed by atoms with van der Waals surface area (Å²) in [5.41, 5.74) is -0.198. The van der Waals surface area contributed by atoms with Crippen LogP contribution in [-0.4, -0.2) is 25.3 Å². The van der Waals surface area contributed by atoms with Crippen molar-refractivity contribution in [1.82, 2.24) is 0 Å². The van der Waals surface area contributed by atoms with Crippen molar-refractivity contribution in [3.05, 3.63) is 0 Å². The molecule has 0 aromatic heterocycles. The molecule has 2 aliphatic rings. The average Bonchev–Trinajstić information content (AvgIpc) is 2.75. The van der Waals surface area contributed by atoms with Crippen molar-refractivity contribution < 1.29 is 14.3 Å². The van der Waals surface area contributed by atoms with E-state index in [9.17, 15) is 4.79 Å². The van der Waals surface area contributed by atoms with Gasteiger partial charge in [-0.3, -0.25) is 4.79 Å². The highest BCUT2D eigenvalue weighted by atomic mass is 16.6. The highest BCUT2D eigenvalue weighted by Gasteiger charge is 2.52. The fourth-order valence-corrected chi connectivity index (χ4v) is 3.07. The first-order chi connectivity index (χ1) is 8.04. The maximum absolute atomic E-state index is 12.4. The number of hydrogen-bond donors (Lipinski definition) is 0. The van der Waals surface area contributed by atoms with Gasteiger partial charge in [0.2, 0.25) is 0 Å². The fourth-order valence-electron chi connectivity index (χ4n) is 3.07. The third-order valence-corrected chi connectivity index (χ3v) is 4.31. The van der Waals surface area contributed by atoms with Crippen LogP contribution in [-0.2, 0) is 14.3 Å². The number of ether oxygens (including phenoxy) is 2. The van der Waals surface area contributed by atoms with E-state index in [0.29, 0.717) is 18.4 Å². The van der Waals surface area contributed by atoms with Gasteiger partial charge in [-0.05, 0) is 31.1 Å². The molecule has 0 N–H and O–H groups in total. The number of rotatable bonds is 4. The SMILES string of the molecule is CC(C)CC1(C(=O)OC2CCOC2)CCC1C. The van der Waals surface area contributed by atoms with Gasteiger partial charge in [0.15, 0.2) is 0 Å². The van der Waals surface area contributed by atoms with E-state index in [2.05, 4.69) is 20.8 Å². The molecular weight excluding hydrogens is 216 g/mol. The number of carbonyl (C=O) groups is 1. The molecule has 3 heteroatoms. The number of carbonyl (C=O) groups excluding carboxylic acids is 1. The summed E-state index contributed by atoms with van der Waals surface area (Å²) in [6.07, 6.45) is 3.97. The van der Waals surface area contributed by atoms with Gasteiger partial charge < -0.3 is 9.47 Å². The summed E-state index contributed by atoms with van der Waals surface area (Å²) >= 11 is 0. The third kappa shape index (κ3) is 2.49. The number of esters is 1. The van der Waals surface area contributed by atoms with E-state index in [4.69, 9.17) is 9.47 Å². The molecule has 98 valence electrons. The van der Waals surface area contributed by atoms with Crippen molar-refractivity contribution in [2.75, 3.05) is 13.2 Å². The van der Waals surface area contributed by atoms with Gasteiger partial charge in [-0.2, -0.15) is 0 Å². The first kappa shape index (κ1) is 12.9. The van der Waals surface area contributed by atoms with E-state index >= 15 is 0 Å². The zero-order chi connectivity index (χ0) is 12.5. The Hall–Kier alpha value is -0.570. The normalized spacial score (nSPS) is 36.9. The van der Waals surface area contributed by atoms with Gasteiger partial charge in [-0.1, -0.05) is 20.8 Å². The smallest absolute Gasteiger partial charge is 0.312 e. The Kier molecular flexibility index (Phi) is 3.76. The number of hydrogen-bond acceptors (Lipinski definition) is 3. The molecule has 2 fully saturated rings. The van der Waals surface area contributed by atoms with Gasteiger partial charge in [0, 0.05) is 6.42 Å². The summed E-state index contributed by atoms with van der Waals surface area (Å²) in [5, 5.41) is 0. The van der Waals surface area contributed by atoms with E-state index in [1.54, 1.807) is 0 Å². The standard InChI is InChI=1S/C14H24O3/c1-10(2)8-14(6-4-11(14)3)13(15)17-12-5-7-16-9-12/h10-12H,4-9H2,1-3H3. The molecule has 3 atom stereocenters. The predicted octanol–water partition coefficient (Wildman–Crippen LogP) is 2.78. The Morgan fingerprint density at radius 3 is 2.65 bits per heavy atom. The van der Waals surface area contributed by atoms with Crippen LogP contribution in [0.25, 0.3) is 0 Å². The molecule has 0 spiro atoms. The van der Waals surface area contributed by atoms with Crippen LogP contribution in [0.5, 0.6) is 0 Å². The third-order valence-electron chi connectivity index (χ3n) is 4.31. The highest BCUT2D eigenvalue weighted by molar-refractivity contribution is 5.78. The highest BCUT2D eigenvalue weighted by Crippen LogP contribution is 2.51. The molecule has 1 heterocycles. The lowest BCUT2D eigenvalue weighted by Crippen LogP contribution is -2.48. The maximum atomic E-state index is 12.4. The molecule has 1 saturated carbocycles. The molecule has 1 aliphatic carbocycles. The van der Waals surface area contributed by atoms with Gasteiger partial charge in [0.1, 0.15) is 6.10 Å². The largest absolute Gasteiger partial charge is 0.459 e. The molecule has 0 amide bonds. The summed E-state index contributed by atoms with van der Waals surface area (Å²) in [4.78, 5) is 12.4. The Labute approximate surface area is 104 Å². The molecule has 1 aliphatic heterocycles. The molecule has 3 nitrogen and oxygen atoms in total. The van der Waals surface area contributed by atoms with Crippen molar-refractivity contribution in [2.24, 2.45) is 17.3 Å². The second-order valence-electron chi connectivity index (χ2n) is 6.08. The predicted molar refractivity (Wildman–Crippen MR) is 65.6 cm³/mol. The van der Waals surface area contributed by atoms with Gasteiger partial charge in [-0.15, -0.1) is 0 Å². The lowest BCUT2D eigenvalue weighted by Gasteiger charge is -2.47. The lowest BCUT2D eigenvalue weighted by atomic mass is 9.57. The van der Waals surface area contributed by atoms with Crippen molar-refractivity contribution in [2.45, 2.75) is 52.6 Å². The first-order valence-corrected chi connectivity index (χ1v) is 6.83. The van der Waals surface area contributed by atoms with E-state index in [0.717, 1.165) is 32.3 Å². The van der Waals surface area contributed by atoms with Gasteiger partial charge >= 0.3 is 5.97 Å². The molecule has 0 aromatic rings. The topological polar surface area (TPSA) is 35.5 Å². The van der Waals surface area contributed by atoms with Crippen LogP contribution >= 0.6 is 0 Å². The molecule has 0 radical (unpaired) electrons. The van der Waals surface area contributed by atoms with Crippen molar-refractivity contribution in [1.29, 1.82) is 0 Å². The fraction of sp³-hybridized carbons (Fsp3) is 0.929. The van der Waals surface area contributed by atoms with E-state index < -0.39 is 0 Å². The Morgan fingerprint density at radius 2 is 2.24 bits per heavy atom. The quantitative estimate of drug-likeness (QED) is 0.709. The average molecular weight is 240 g/mol. The molecule has 3 unspecified atom stereocenters. The zero-order valence-corrected chi connectivity index (χ0v) is 11.2. The zero-order valence-electron chi connectivity index (χ0n) is 11.2. The van der Waals surface area contributed by atoms with Crippen LogP contribution in [0.15, 0.2) is 0 Å². The van der Waals surface area contributed by atoms with Gasteiger partial charge in [0.25, 0.3) is 0 Å². The van der Waals surface area contributed by atoms with Gasteiger partial charge in [-0.25, -0.2) is 0 Å². The van der Waals surface area contributed by atoms with E-state index in [-0.39, 0.29) is 17.5 Å². The summed E-state index contributed by atoms with van der Waals surface area (Å²) in [6.45, 7) is 7.85. The molecular formula is C14H24O3. The monoisotopic (exact) mass is 240 g/mol. The minimum Gasteiger partial charge on any atom is -0.459 e. The minimum atomic E-state index is -0.198. The van der Waals surface area contributed by atoms with E-state index in [1.165, 1.54) is 0 Å². The van der Waals surface area contributed by atoms with Gasteiger partial charge in [0.05, 0.1) is 18.6 Å². The summed E-state index contributed by atoms with van der Waals surface area (Å²) < 4.78 is 10.9. The van der Waals surface area contributed by atoms with Crippen molar-refractivity contribution in [3.8, 4) is 0 Å². The second-order valence-corrected chi connectivity index (χ2v) is 6.08. The Bertz CT molecular complexity index is 281. The Balaban J connectivity index is 1.98. The second kappa shape index (κ2) is 4.97. The van der Waals surface area contributed by atoms with E-state index in [1.807, 2.05) is 0 Å². The molecule has 1 saturated heterocycles. The van der Waals surface area contributed by atoms with Crippen molar-refractivity contribution >= 4 is 5.97 Å². The molecule has 0 bridgehead atoms. The van der Waals surface area contributed by atoms with Crippen molar-refractivity contribution in [3.63, 3.8) is 0 Å².